The standard InChI is InChI=1S/C22H29F3N4O3/c1-13(2)21(3,27)20(31)29-17-8-6-15(7-9-17)19(30)28-12-16-5-4-14(11-26)10-18(16)32-22(23,24)25/h4-5,10,13,15,17H,6-9,12,27H2,1-3H3,(H,28,30)(H,29,31)/t15?,17?,21-/m1/s1. The summed E-state index contributed by atoms with van der Waals surface area (Å²) in [6.07, 6.45) is -2.61. The van der Waals surface area contributed by atoms with Gasteiger partial charge in [0.25, 0.3) is 0 Å². The van der Waals surface area contributed by atoms with E-state index in [-0.39, 0.29) is 47.4 Å². The van der Waals surface area contributed by atoms with Crippen molar-refractivity contribution in [3.63, 3.8) is 0 Å². The highest BCUT2D eigenvalue weighted by molar-refractivity contribution is 5.86. The van der Waals surface area contributed by atoms with Gasteiger partial charge < -0.3 is 21.1 Å². The van der Waals surface area contributed by atoms with Crippen LogP contribution in [0.5, 0.6) is 5.75 Å². The molecular weight excluding hydrogens is 425 g/mol. The molecule has 0 aromatic heterocycles. The van der Waals surface area contributed by atoms with Gasteiger partial charge in [0.05, 0.1) is 17.2 Å². The van der Waals surface area contributed by atoms with Crippen LogP contribution in [0, 0.1) is 23.2 Å². The number of alkyl halides is 3. The van der Waals surface area contributed by atoms with Gasteiger partial charge in [0.1, 0.15) is 5.75 Å². The van der Waals surface area contributed by atoms with Gasteiger partial charge in [-0.25, -0.2) is 0 Å². The zero-order chi connectivity index (χ0) is 24.1. The molecular formula is C22H29F3N4O3. The third kappa shape index (κ3) is 6.85. The molecule has 0 aliphatic heterocycles. The summed E-state index contributed by atoms with van der Waals surface area (Å²) in [7, 11) is 0. The molecule has 10 heteroatoms. The van der Waals surface area contributed by atoms with E-state index in [0.717, 1.165) is 6.07 Å². The van der Waals surface area contributed by atoms with E-state index in [9.17, 15) is 22.8 Å². The molecule has 7 nitrogen and oxygen atoms in total. The number of amides is 2. The van der Waals surface area contributed by atoms with Gasteiger partial charge in [0, 0.05) is 24.1 Å². The Morgan fingerprint density at radius 1 is 1.25 bits per heavy atom. The van der Waals surface area contributed by atoms with Crippen molar-refractivity contribution in [2.24, 2.45) is 17.6 Å². The molecule has 0 saturated heterocycles. The maximum absolute atomic E-state index is 12.7. The molecule has 2 amide bonds. The summed E-state index contributed by atoms with van der Waals surface area (Å²) in [5.41, 5.74) is 5.24. The number of carbonyl (C=O) groups excluding carboxylic acids is 2. The summed E-state index contributed by atoms with van der Waals surface area (Å²) in [6.45, 7) is 5.28. The highest BCUT2D eigenvalue weighted by Gasteiger charge is 2.35. The summed E-state index contributed by atoms with van der Waals surface area (Å²) >= 11 is 0. The van der Waals surface area contributed by atoms with Crippen LogP contribution in [0.2, 0.25) is 0 Å². The van der Waals surface area contributed by atoms with Crippen molar-refractivity contribution in [1.82, 2.24) is 10.6 Å². The van der Waals surface area contributed by atoms with Crippen molar-refractivity contribution >= 4 is 11.8 Å². The normalized spacial score (nSPS) is 20.7. The smallest absolute Gasteiger partial charge is 0.405 e. The lowest BCUT2D eigenvalue weighted by molar-refractivity contribution is -0.274. The van der Waals surface area contributed by atoms with Crippen LogP contribution in [0.4, 0.5) is 13.2 Å². The van der Waals surface area contributed by atoms with Gasteiger partial charge in [-0.05, 0) is 50.7 Å². The van der Waals surface area contributed by atoms with E-state index in [0.29, 0.717) is 25.7 Å². The van der Waals surface area contributed by atoms with E-state index in [4.69, 9.17) is 11.0 Å². The molecule has 176 valence electrons. The van der Waals surface area contributed by atoms with E-state index in [1.807, 2.05) is 13.8 Å². The van der Waals surface area contributed by atoms with E-state index in [1.165, 1.54) is 12.1 Å². The zero-order valence-corrected chi connectivity index (χ0v) is 18.4. The average Bonchev–Trinajstić information content (AvgIpc) is 2.71. The number of rotatable bonds is 7. The number of nitrogens with two attached hydrogens (primary N) is 1. The molecule has 1 atom stereocenters. The van der Waals surface area contributed by atoms with Crippen LogP contribution in [0.25, 0.3) is 0 Å². The molecule has 0 bridgehead atoms. The zero-order valence-electron chi connectivity index (χ0n) is 18.4. The third-order valence-electron chi connectivity index (χ3n) is 6.00. The molecule has 0 radical (unpaired) electrons. The third-order valence-corrected chi connectivity index (χ3v) is 6.00. The van der Waals surface area contributed by atoms with Gasteiger partial charge >= 0.3 is 6.36 Å². The fourth-order valence-corrected chi connectivity index (χ4v) is 3.42. The molecule has 2 rings (SSSR count). The number of halogens is 3. The van der Waals surface area contributed by atoms with Gasteiger partial charge in [0.2, 0.25) is 11.8 Å². The number of nitriles is 1. The Labute approximate surface area is 185 Å². The van der Waals surface area contributed by atoms with E-state index < -0.39 is 17.7 Å². The van der Waals surface area contributed by atoms with Crippen LogP contribution < -0.4 is 21.1 Å². The second-order valence-corrected chi connectivity index (χ2v) is 8.66. The van der Waals surface area contributed by atoms with Crippen molar-refractivity contribution in [2.75, 3.05) is 0 Å². The van der Waals surface area contributed by atoms with E-state index >= 15 is 0 Å². The van der Waals surface area contributed by atoms with Crippen molar-refractivity contribution < 1.29 is 27.5 Å². The lowest BCUT2D eigenvalue weighted by Gasteiger charge is -2.33. The molecule has 0 unspecified atom stereocenters. The van der Waals surface area contributed by atoms with Crippen molar-refractivity contribution in [3.8, 4) is 11.8 Å². The van der Waals surface area contributed by atoms with Crippen LogP contribution in [0.1, 0.15) is 57.6 Å². The number of hydrogen-bond donors (Lipinski definition) is 3. The molecule has 32 heavy (non-hydrogen) atoms. The maximum Gasteiger partial charge on any atom is 0.573 e. The Balaban J connectivity index is 1.90. The minimum Gasteiger partial charge on any atom is -0.405 e. The highest BCUT2D eigenvalue weighted by atomic mass is 19.4. The fraction of sp³-hybridized carbons (Fsp3) is 0.591. The van der Waals surface area contributed by atoms with Crippen LogP contribution in [-0.2, 0) is 16.1 Å². The molecule has 0 spiro atoms. The molecule has 4 N–H and O–H groups in total. The Kier molecular flexibility index (Phi) is 8.13. The van der Waals surface area contributed by atoms with Crippen molar-refractivity contribution in [1.29, 1.82) is 5.26 Å². The Bertz CT molecular complexity index is 870. The lowest BCUT2D eigenvalue weighted by Crippen LogP contribution is -2.57. The van der Waals surface area contributed by atoms with Crippen LogP contribution >= 0.6 is 0 Å². The van der Waals surface area contributed by atoms with E-state index in [2.05, 4.69) is 15.4 Å². The summed E-state index contributed by atoms with van der Waals surface area (Å²) in [5, 5.41) is 14.5. The quantitative estimate of drug-likeness (QED) is 0.585. The first-order chi connectivity index (χ1) is 14.8. The number of carbonyl (C=O) groups is 2. The van der Waals surface area contributed by atoms with Gasteiger partial charge in [-0.1, -0.05) is 19.9 Å². The monoisotopic (exact) mass is 454 g/mol. The molecule has 1 fully saturated rings. The maximum atomic E-state index is 12.7. The molecule has 1 aromatic carbocycles. The van der Waals surface area contributed by atoms with E-state index in [1.54, 1.807) is 13.0 Å². The second kappa shape index (κ2) is 10.2. The number of benzene rings is 1. The molecule has 0 heterocycles. The lowest BCUT2D eigenvalue weighted by atomic mass is 9.84. The van der Waals surface area contributed by atoms with Gasteiger partial charge in [-0.3, -0.25) is 9.59 Å². The van der Waals surface area contributed by atoms with Crippen LogP contribution in [0.3, 0.4) is 0 Å². The summed E-state index contributed by atoms with van der Waals surface area (Å²) < 4.78 is 42.0. The fourth-order valence-electron chi connectivity index (χ4n) is 3.42. The summed E-state index contributed by atoms with van der Waals surface area (Å²) in [6, 6.07) is 5.36. The summed E-state index contributed by atoms with van der Waals surface area (Å²) in [4.78, 5) is 24.9. The first-order valence-electron chi connectivity index (χ1n) is 10.5. The number of ether oxygens (including phenoxy) is 1. The van der Waals surface area contributed by atoms with Crippen LogP contribution in [0.15, 0.2) is 18.2 Å². The average molecular weight is 454 g/mol. The molecule has 1 aromatic rings. The second-order valence-electron chi connectivity index (χ2n) is 8.66. The van der Waals surface area contributed by atoms with Gasteiger partial charge in [-0.15, -0.1) is 13.2 Å². The van der Waals surface area contributed by atoms with Crippen LogP contribution in [-0.4, -0.2) is 29.8 Å². The molecule has 1 aliphatic rings. The highest BCUT2D eigenvalue weighted by Crippen LogP contribution is 2.29. The topological polar surface area (TPSA) is 117 Å². The number of nitrogens with zero attached hydrogens (tertiary/aromatic N) is 1. The van der Waals surface area contributed by atoms with Crippen molar-refractivity contribution in [2.45, 2.75) is 70.9 Å². The van der Waals surface area contributed by atoms with Crippen molar-refractivity contribution in [3.05, 3.63) is 29.3 Å². The Morgan fingerprint density at radius 3 is 2.41 bits per heavy atom. The molecule has 1 aliphatic carbocycles. The minimum atomic E-state index is -4.91. The first kappa shape index (κ1) is 25.5. The number of hydrogen-bond acceptors (Lipinski definition) is 5. The predicted molar refractivity (Wildman–Crippen MR) is 111 cm³/mol. The predicted octanol–water partition coefficient (Wildman–Crippen LogP) is 3.12. The number of nitrogens with one attached hydrogen (secondary N) is 2. The molecule has 1 saturated carbocycles. The summed E-state index contributed by atoms with van der Waals surface area (Å²) in [5.74, 6) is -1.35. The minimum absolute atomic E-state index is 0.0192. The van der Waals surface area contributed by atoms with Gasteiger partial charge in [-0.2, -0.15) is 5.26 Å². The van der Waals surface area contributed by atoms with Gasteiger partial charge in [0.15, 0.2) is 0 Å². The SMILES string of the molecule is CC(C)[C@@](C)(N)C(=O)NC1CCC(C(=O)NCc2ccc(C#N)cc2OC(F)(F)F)CC1. The first-order valence-corrected chi connectivity index (χ1v) is 10.5. The Hall–Kier alpha value is -2.80. The Morgan fingerprint density at radius 2 is 1.88 bits per heavy atom. The largest absolute Gasteiger partial charge is 0.573 e.